The number of aromatic nitrogens is 1. The fourth-order valence-corrected chi connectivity index (χ4v) is 5.08. The zero-order valence-electron chi connectivity index (χ0n) is 20.3. The molecular weight excluding hydrogens is 431 g/mol. The molecule has 0 atom stereocenters. The quantitative estimate of drug-likeness (QED) is 0.511. The van der Waals surface area contributed by atoms with Gasteiger partial charge in [0.25, 0.3) is 5.91 Å². The highest BCUT2D eigenvalue weighted by Gasteiger charge is 2.57. The minimum atomic E-state index is -0.734. The number of aryl methyl sites for hydroxylation is 1. The van der Waals surface area contributed by atoms with Crippen molar-refractivity contribution in [3.05, 3.63) is 65.7 Å². The van der Waals surface area contributed by atoms with Crippen LogP contribution in [0, 0.1) is 11.7 Å². The lowest BCUT2D eigenvalue weighted by molar-refractivity contribution is -0.135. The van der Waals surface area contributed by atoms with Crippen LogP contribution in [0.25, 0.3) is 0 Å². The average molecular weight is 467 g/mol. The number of imide groups is 1. The second kappa shape index (κ2) is 10.6. The summed E-state index contributed by atoms with van der Waals surface area (Å²) in [6.07, 6.45) is 7.24. The van der Waals surface area contributed by atoms with Crippen LogP contribution < -0.4 is 0 Å². The van der Waals surface area contributed by atoms with Gasteiger partial charge in [-0.3, -0.25) is 19.6 Å². The molecule has 0 saturated carbocycles. The van der Waals surface area contributed by atoms with E-state index in [1.807, 2.05) is 29.2 Å². The number of amides is 3. The summed E-state index contributed by atoms with van der Waals surface area (Å²) in [5, 5.41) is 0. The lowest BCUT2D eigenvalue weighted by atomic mass is 9.85. The van der Waals surface area contributed by atoms with Gasteiger partial charge in [-0.15, -0.1) is 0 Å². The van der Waals surface area contributed by atoms with Crippen LogP contribution in [-0.2, 0) is 17.8 Å². The Morgan fingerprint density at radius 1 is 0.971 bits per heavy atom. The first kappa shape index (κ1) is 24.3. The largest absolute Gasteiger partial charge is 0.327 e. The van der Waals surface area contributed by atoms with Crippen LogP contribution in [0.4, 0.5) is 9.18 Å². The zero-order chi connectivity index (χ0) is 24.1. The van der Waals surface area contributed by atoms with Crippen molar-refractivity contribution in [3.63, 3.8) is 0 Å². The number of carbonyl (C=O) groups excluding carboxylic acids is 2. The molecule has 0 unspecified atom stereocenters. The summed E-state index contributed by atoms with van der Waals surface area (Å²) in [7, 11) is 0. The second-order valence-electron chi connectivity index (χ2n) is 9.97. The first-order chi connectivity index (χ1) is 16.4. The van der Waals surface area contributed by atoms with E-state index < -0.39 is 5.54 Å². The molecular formula is C27H35FN4O2. The van der Waals surface area contributed by atoms with Gasteiger partial charge in [-0.05, 0) is 73.4 Å². The van der Waals surface area contributed by atoms with Crippen molar-refractivity contribution >= 4 is 11.9 Å². The van der Waals surface area contributed by atoms with E-state index in [0.717, 1.165) is 50.0 Å². The molecule has 2 saturated heterocycles. The molecule has 1 spiro atoms. The van der Waals surface area contributed by atoms with Crippen molar-refractivity contribution in [2.75, 3.05) is 26.2 Å². The predicted molar refractivity (Wildman–Crippen MR) is 129 cm³/mol. The van der Waals surface area contributed by atoms with Gasteiger partial charge < -0.3 is 4.90 Å². The van der Waals surface area contributed by atoms with E-state index in [1.54, 1.807) is 12.4 Å². The fourth-order valence-electron chi connectivity index (χ4n) is 5.08. The van der Waals surface area contributed by atoms with Crippen LogP contribution in [0.3, 0.4) is 0 Å². The topological polar surface area (TPSA) is 56.8 Å². The van der Waals surface area contributed by atoms with Crippen molar-refractivity contribution in [2.24, 2.45) is 5.92 Å². The Bertz CT molecular complexity index is 972. The van der Waals surface area contributed by atoms with E-state index in [9.17, 15) is 14.0 Å². The van der Waals surface area contributed by atoms with Crippen molar-refractivity contribution in [3.8, 4) is 0 Å². The molecule has 182 valence electrons. The Hall–Kier alpha value is -2.80. The molecule has 1 aromatic carbocycles. The summed E-state index contributed by atoms with van der Waals surface area (Å²) < 4.78 is 13.2. The third-order valence-electron chi connectivity index (χ3n) is 7.15. The van der Waals surface area contributed by atoms with Crippen LogP contribution in [0.2, 0.25) is 0 Å². The molecule has 0 N–H and O–H groups in total. The maximum Gasteiger partial charge on any atom is 0.327 e. The van der Waals surface area contributed by atoms with Gasteiger partial charge in [0.05, 0.1) is 0 Å². The maximum atomic E-state index is 13.7. The predicted octanol–water partition coefficient (Wildman–Crippen LogP) is 4.50. The minimum absolute atomic E-state index is 0.0302. The number of likely N-dealkylation sites (tertiary alicyclic amines) is 1. The van der Waals surface area contributed by atoms with E-state index in [0.29, 0.717) is 31.8 Å². The summed E-state index contributed by atoms with van der Waals surface area (Å²) in [6.45, 7) is 7.54. The number of carbonyl (C=O) groups is 2. The van der Waals surface area contributed by atoms with E-state index in [1.165, 1.54) is 17.0 Å². The third kappa shape index (κ3) is 5.30. The minimum Gasteiger partial charge on any atom is -0.309 e. The molecule has 0 bridgehead atoms. The molecule has 0 radical (unpaired) electrons. The van der Waals surface area contributed by atoms with Gasteiger partial charge in [0, 0.05) is 45.1 Å². The molecule has 2 aliphatic rings. The van der Waals surface area contributed by atoms with E-state index in [2.05, 4.69) is 23.7 Å². The molecule has 2 fully saturated rings. The number of halogens is 1. The number of hydrogen-bond donors (Lipinski definition) is 0. The van der Waals surface area contributed by atoms with Gasteiger partial charge >= 0.3 is 6.03 Å². The number of hydrogen-bond acceptors (Lipinski definition) is 4. The van der Waals surface area contributed by atoms with Gasteiger partial charge in [-0.2, -0.15) is 0 Å². The number of piperidine rings is 1. The smallest absolute Gasteiger partial charge is 0.309 e. The van der Waals surface area contributed by atoms with Crippen molar-refractivity contribution in [2.45, 2.75) is 58.0 Å². The molecule has 2 aromatic rings. The lowest BCUT2D eigenvalue weighted by Crippen LogP contribution is -2.56. The Morgan fingerprint density at radius 2 is 1.65 bits per heavy atom. The monoisotopic (exact) mass is 466 g/mol. The first-order valence-electron chi connectivity index (χ1n) is 12.4. The zero-order valence-corrected chi connectivity index (χ0v) is 20.3. The molecule has 2 aliphatic heterocycles. The van der Waals surface area contributed by atoms with Crippen LogP contribution in [0.5, 0.6) is 0 Å². The van der Waals surface area contributed by atoms with E-state index in [-0.39, 0.29) is 17.8 Å². The van der Waals surface area contributed by atoms with Crippen LogP contribution >= 0.6 is 0 Å². The van der Waals surface area contributed by atoms with Crippen LogP contribution in [0.15, 0.2) is 48.8 Å². The standard InChI is InChI=1S/C27H35FN4O2/c1-21(2)11-17-32-26(34)31(16-3-4-22-9-14-29-15-10-22)25(33)27(32)12-18-30(19-13-27)20-23-5-7-24(28)8-6-23/h5-10,14-15,21H,3-4,11-13,16-20H2,1-2H3. The highest BCUT2D eigenvalue weighted by Crippen LogP contribution is 2.38. The Labute approximate surface area is 201 Å². The summed E-state index contributed by atoms with van der Waals surface area (Å²) in [5.74, 6) is 0.193. The number of benzene rings is 1. The molecule has 3 amide bonds. The van der Waals surface area contributed by atoms with Crippen LogP contribution in [0.1, 0.15) is 50.7 Å². The number of rotatable bonds is 9. The van der Waals surface area contributed by atoms with Gasteiger partial charge in [-0.25, -0.2) is 9.18 Å². The van der Waals surface area contributed by atoms with E-state index >= 15 is 0 Å². The lowest BCUT2D eigenvalue weighted by Gasteiger charge is -2.42. The summed E-state index contributed by atoms with van der Waals surface area (Å²) in [6, 6.07) is 10.4. The molecule has 3 heterocycles. The number of pyridine rings is 1. The van der Waals surface area contributed by atoms with Gasteiger partial charge in [0.1, 0.15) is 11.4 Å². The first-order valence-corrected chi connectivity index (χ1v) is 12.4. The van der Waals surface area contributed by atoms with Crippen molar-refractivity contribution in [1.29, 1.82) is 0 Å². The second-order valence-corrected chi connectivity index (χ2v) is 9.97. The van der Waals surface area contributed by atoms with Gasteiger partial charge in [0.2, 0.25) is 0 Å². The normalized spacial score (nSPS) is 18.5. The van der Waals surface area contributed by atoms with Crippen LogP contribution in [-0.4, -0.2) is 63.3 Å². The highest BCUT2D eigenvalue weighted by atomic mass is 19.1. The summed E-state index contributed by atoms with van der Waals surface area (Å²) >= 11 is 0. The molecule has 6 nitrogen and oxygen atoms in total. The van der Waals surface area contributed by atoms with Gasteiger partial charge in [-0.1, -0.05) is 26.0 Å². The van der Waals surface area contributed by atoms with Gasteiger partial charge in [0.15, 0.2) is 0 Å². The average Bonchev–Trinajstić information content (AvgIpc) is 3.02. The Kier molecular flexibility index (Phi) is 7.61. The summed E-state index contributed by atoms with van der Waals surface area (Å²) in [5.41, 5.74) is 1.48. The number of nitrogens with zero attached hydrogens (tertiary/aromatic N) is 4. The third-order valence-corrected chi connectivity index (χ3v) is 7.15. The Morgan fingerprint density at radius 3 is 2.29 bits per heavy atom. The van der Waals surface area contributed by atoms with Crippen molar-refractivity contribution < 1.29 is 14.0 Å². The SMILES string of the molecule is CC(C)CCN1C(=O)N(CCCc2ccncc2)C(=O)C12CCN(Cc1ccc(F)cc1)CC2. The highest BCUT2D eigenvalue weighted by molar-refractivity contribution is 6.07. The van der Waals surface area contributed by atoms with Crippen molar-refractivity contribution in [1.82, 2.24) is 19.7 Å². The maximum absolute atomic E-state index is 13.7. The molecule has 0 aliphatic carbocycles. The Balaban J connectivity index is 1.43. The molecule has 1 aromatic heterocycles. The van der Waals surface area contributed by atoms with E-state index in [4.69, 9.17) is 0 Å². The molecule has 7 heteroatoms. The number of urea groups is 1. The summed E-state index contributed by atoms with van der Waals surface area (Å²) in [4.78, 5) is 36.8. The fraction of sp³-hybridized carbons (Fsp3) is 0.519. The molecule has 4 rings (SSSR count). The molecule has 34 heavy (non-hydrogen) atoms.